The van der Waals surface area contributed by atoms with E-state index in [9.17, 15) is 9.59 Å². The van der Waals surface area contributed by atoms with Crippen LogP contribution in [0.2, 0.25) is 0 Å². The largest absolute Gasteiger partial charge is 0.484 e. The molecule has 0 aliphatic heterocycles. The quantitative estimate of drug-likeness (QED) is 0.814. The fourth-order valence-electron chi connectivity index (χ4n) is 3.21. The van der Waals surface area contributed by atoms with Crippen LogP contribution in [-0.4, -0.2) is 28.8 Å². The summed E-state index contributed by atoms with van der Waals surface area (Å²) < 4.78 is 6.95. The Bertz CT molecular complexity index is 841. The zero-order valence-corrected chi connectivity index (χ0v) is 16.0. The van der Waals surface area contributed by atoms with E-state index in [-0.39, 0.29) is 18.1 Å². The number of fused-ring (bicyclic) bond motifs is 1. The molecule has 1 N–H and O–H groups in total. The highest BCUT2D eigenvalue weighted by Gasteiger charge is 2.13. The van der Waals surface area contributed by atoms with E-state index >= 15 is 0 Å². The second-order valence-electron chi connectivity index (χ2n) is 7.25. The maximum Gasteiger partial charge on any atom is 0.267 e. The van der Waals surface area contributed by atoms with E-state index in [2.05, 4.69) is 24.3 Å². The second kappa shape index (κ2) is 8.84. The number of ether oxygens (including phenoxy) is 1. The standard InChI is InChI=1S/C21H27N3O3/c1-15(2)16-7-9-18(10-8-16)27-14-20(25)22-11-12-24-21(26)13-17-5-3-4-6-19(17)23-24/h7-10,13,15H,3-6,11-12,14H2,1-2H3,(H,22,25). The highest BCUT2D eigenvalue weighted by molar-refractivity contribution is 5.77. The minimum Gasteiger partial charge on any atom is -0.484 e. The van der Waals surface area contributed by atoms with Crippen molar-refractivity contribution in [1.29, 1.82) is 0 Å². The summed E-state index contributed by atoms with van der Waals surface area (Å²) in [5, 5.41) is 7.22. The summed E-state index contributed by atoms with van der Waals surface area (Å²) in [5.41, 5.74) is 3.21. The lowest BCUT2D eigenvalue weighted by molar-refractivity contribution is -0.123. The number of aryl methyl sites for hydroxylation is 2. The zero-order valence-electron chi connectivity index (χ0n) is 16.0. The van der Waals surface area contributed by atoms with Gasteiger partial charge >= 0.3 is 0 Å². The molecule has 144 valence electrons. The molecule has 0 fully saturated rings. The molecule has 1 aliphatic rings. The van der Waals surface area contributed by atoms with Crippen LogP contribution in [0.1, 0.15) is 49.4 Å². The van der Waals surface area contributed by atoms with Crippen molar-refractivity contribution >= 4 is 5.91 Å². The number of benzene rings is 1. The molecule has 0 atom stereocenters. The van der Waals surface area contributed by atoms with Gasteiger partial charge in [-0.3, -0.25) is 9.59 Å². The Balaban J connectivity index is 1.45. The monoisotopic (exact) mass is 369 g/mol. The number of nitrogens with one attached hydrogen (secondary N) is 1. The molecule has 0 spiro atoms. The van der Waals surface area contributed by atoms with E-state index in [0.717, 1.165) is 36.9 Å². The number of carbonyl (C=O) groups excluding carboxylic acids is 1. The van der Waals surface area contributed by atoms with Gasteiger partial charge in [0.1, 0.15) is 5.75 Å². The molecule has 1 aromatic carbocycles. The molecule has 0 bridgehead atoms. The van der Waals surface area contributed by atoms with E-state index in [0.29, 0.717) is 24.8 Å². The first-order valence-corrected chi connectivity index (χ1v) is 9.62. The highest BCUT2D eigenvalue weighted by atomic mass is 16.5. The van der Waals surface area contributed by atoms with Gasteiger partial charge in [0, 0.05) is 12.6 Å². The predicted octanol–water partition coefficient (Wildman–Crippen LogP) is 2.44. The van der Waals surface area contributed by atoms with E-state index < -0.39 is 0 Å². The SMILES string of the molecule is CC(C)c1ccc(OCC(=O)NCCn2nc3c(cc2=O)CCCC3)cc1. The van der Waals surface area contributed by atoms with Gasteiger partial charge in [-0.25, -0.2) is 4.68 Å². The van der Waals surface area contributed by atoms with Crippen LogP contribution in [0.15, 0.2) is 35.1 Å². The summed E-state index contributed by atoms with van der Waals surface area (Å²) in [5.74, 6) is 0.916. The lowest BCUT2D eigenvalue weighted by Gasteiger charge is -2.16. The van der Waals surface area contributed by atoms with Crippen molar-refractivity contribution < 1.29 is 9.53 Å². The van der Waals surface area contributed by atoms with Crippen molar-refractivity contribution in [3.8, 4) is 5.75 Å². The summed E-state index contributed by atoms with van der Waals surface area (Å²) >= 11 is 0. The lowest BCUT2D eigenvalue weighted by Crippen LogP contribution is -2.35. The van der Waals surface area contributed by atoms with Crippen molar-refractivity contribution in [1.82, 2.24) is 15.1 Å². The van der Waals surface area contributed by atoms with Gasteiger partial charge in [-0.2, -0.15) is 5.10 Å². The Hall–Kier alpha value is -2.63. The number of rotatable bonds is 7. The third-order valence-corrected chi connectivity index (χ3v) is 4.84. The fraction of sp³-hybridized carbons (Fsp3) is 0.476. The third kappa shape index (κ3) is 5.18. The van der Waals surface area contributed by atoms with Gasteiger partial charge in [0.05, 0.1) is 12.2 Å². The van der Waals surface area contributed by atoms with Crippen molar-refractivity contribution in [2.75, 3.05) is 13.2 Å². The van der Waals surface area contributed by atoms with Crippen LogP contribution >= 0.6 is 0 Å². The van der Waals surface area contributed by atoms with Crippen LogP contribution < -0.4 is 15.6 Å². The normalized spacial score (nSPS) is 13.3. The Morgan fingerprint density at radius 2 is 1.96 bits per heavy atom. The van der Waals surface area contributed by atoms with Gasteiger partial charge in [0.15, 0.2) is 6.61 Å². The molecular weight excluding hydrogens is 342 g/mol. The lowest BCUT2D eigenvalue weighted by atomic mass is 9.97. The average molecular weight is 369 g/mol. The van der Waals surface area contributed by atoms with Crippen molar-refractivity contribution in [2.45, 2.75) is 52.0 Å². The minimum absolute atomic E-state index is 0.0481. The van der Waals surface area contributed by atoms with Crippen LogP contribution in [0.4, 0.5) is 0 Å². The molecule has 0 radical (unpaired) electrons. The number of nitrogens with zero attached hydrogens (tertiary/aromatic N) is 2. The fourth-order valence-corrected chi connectivity index (χ4v) is 3.21. The summed E-state index contributed by atoms with van der Waals surface area (Å²) in [6.07, 6.45) is 4.09. The number of hydrogen-bond acceptors (Lipinski definition) is 4. The molecule has 0 saturated carbocycles. The number of hydrogen-bond donors (Lipinski definition) is 1. The van der Waals surface area contributed by atoms with Crippen molar-refractivity contribution in [2.24, 2.45) is 0 Å². The second-order valence-corrected chi connectivity index (χ2v) is 7.25. The number of carbonyl (C=O) groups is 1. The van der Waals surface area contributed by atoms with Crippen molar-refractivity contribution in [3.63, 3.8) is 0 Å². The molecule has 2 aromatic rings. The van der Waals surface area contributed by atoms with E-state index in [4.69, 9.17) is 4.74 Å². The smallest absolute Gasteiger partial charge is 0.267 e. The molecule has 1 aliphatic carbocycles. The third-order valence-electron chi connectivity index (χ3n) is 4.84. The molecule has 1 amide bonds. The average Bonchev–Trinajstić information content (AvgIpc) is 2.67. The summed E-state index contributed by atoms with van der Waals surface area (Å²) in [6, 6.07) is 9.45. The summed E-state index contributed by atoms with van der Waals surface area (Å²) in [7, 11) is 0. The molecule has 3 rings (SSSR count). The molecule has 6 nitrogen and oxygen atoms in total. The maximum absolute atomic E-state index is 12.1. The topological polar surface area (TPSA) is 73.2 Å². The van der Waals surface area contributed by atoms with Crippen LogP contribution in [0.25, 0.3) is 0 Å². The highest BCUT2D eigenvalue weighted by Crippen LogP contribution is 2.18. The first-order valence-electron chi connectivity index (χ1n) is 9.62. The van der Waals surface area contributed by atoms with Gasteiger partial charge in [-0.15, -0.1) is 0 Å². The molecular formula is C21H27N3O3. The van der Waals surface area contributed by atoms with Gasteiger partial charge in [0.25, 0.3) is 11.5 Å². The zero-order chi connectivity index (χ0) is 19.2. The molecule has 1 aromatic heterocycles. The Morgan fingerprint density at radius 3 is 2.70 bits per heavy atom. The van der Waals surface area contributed by atoms with Gasteiger partial charge in [0.2, 0.25) is 0 Å². The Morgan fingerprint density at radius 1 is 1.22 bits per heavy atom. The van der Waals surface area contributed by atoms with Gasteiger partial charge in [-0.05, 0) is 54.9 Å². The predicted molar refractivity (Wildman–Crippen MR) is 104 cm³/mol. The van der Waals surface area contributed by atoms with E-state index in [1.54, 1.807) is 6.07 Å². The molecule has 1 heterocycles. The maximum atomic E-state index is 12.1. The van der Waals surface area contributed by atoms with Gasteiger partial charge in [-0.1, -0.05) is 26.0 Å². The number of aromatic nitrogens is 2. The van der Waals surface area contributed by atoms with E-state index in [1.807, 2.05) is 24.3 Å². The van der Waals surface area contributed by atoms with Crippen LogP contribution in [0.3, 0.4) is 0 Å². The first-order chi connectivity index (χ1) is 13.0. The molecule has 6 heteroatoms. The Labute approximate surface area is 159 Å². The molecule has 0 unspecified atom stereocenters. The van der Waals surface area contributed by atoms with E-state index in [1.165, 1.54) is 10.2 Å². The summed E-state index contributed by atoms with van der Waals surface area (Å²) in [4.78, 5) is 24.1. The summed E-state index contributed by atoms with van der Waals surface area (Å²) in [6.45, 7) is 4.92. The van der Waals surface area contributed by atoms with Crippen LogP contribution in [-0.2, 0) is 24.2 Å². The first kappa shape index (κ1) is 19.1. The molecule has 27 heavy (non-hydrogen) atoms. The van der Waals surface area contributed by atoms with Crippen LogP contribution in [0.5, 0.6) is 5.75 Å². The molecule has 0 saturated heterocycles. The Kier molecular flexibility index (Phi) is 6.27. The van der Waals surface area contributed by atoms with Crippen LogP contribution in [0, 0.1) is 0 Å². The minimum atomic E-state index is -0.214. The number of amides is 1. The van der Waals surface area contributed by atoms with Gasteiger partial charge < -0.3 is 10.1 Å². The van der Waals surface area contributed by atoms with Crippen molar-refractivity contribution in [3.05, 3.63) is 57.5 Å².